The third-order valence-corrected chi connectivity index (χ3v) is 3.66. The Labute approximate surface area is 116 Å². The van der Waals surface area contributed by atoms with E-state index in [0.29, 0.717) is 17.2 Å². The lowest BCUT2D eigenvalue weighted by Gasteiger charge is -2.19. The molecule has 1 aromatic heterocycles. The first-order valence-corrected chi connectivity index (χ1v) is 6.70. The molecular weight excluding hydrogens is 257 g/mol. The summed E-state index contributed by atoms with van der Waals surface area (Å²) in [6.07, 6.45) is 5.15. The molecule has 2 N–H and O–H groups in total. The fourth-order valence-corrected chi connectivity index (χ4v) is 2.36. The Morgan fingerprint density at radius 3 is 2.90 bits per heavy atom. The van der Waals surface area contributed by atoms with Crippen molar-refractivity contribution in [1.29, 1.82) is 0 Å². The second-order valence-electron chi connectivity index (χ2n) is 5.26. The van der Waals surface area contributed by atoms with Gasteiger partial charge in [0.15, 0.2) is 0 Å². The summed E-state index contributed by atoms with van der Waals surface area (Å²) in [7, 11) is 0. The van der Waals surface area contributed by atoms with E-state index in [9.17, 15) is 9.18 Å². The van der Waals surface area contributed by atoms with Crippen LogP contribution in [0.2, 0.25) is 0 Å². The fraction of sp³-hybridized carbons (Fsp3) is 0.333. The Bertz CT molecular complexity index is 620. The molecule has 3 rings (SSSR count). The quantitative estimate of drug-likeness (QED) is 0.900. The zero-order valence-corrected chi connectivity index (χ0v) is 11.2. The van der Waals surface area contributed by atoms with Crippen molar-refractivity contribution in [2.24, 2.45) is 5.92 Å². The van der Waals surface area contributed by atoms with Crippen LogP contribution in [0.5, 0.6) is 0 Å². The van der Waals surface area contributed by atoms with Crippen LogP contribution in [-0.2, 0) is 0 Å². The Kier molecular flexibility index (Phi) is 3.26. The van der Waals surface area contributed by atoms with E-state index >= 15 is 0 Å². The minimum Gasteiger partial charge on any atom is -0.344 e. The number of benzene rings is 1. The standard InChI is InChI=1S/C15H16FN3O/c1-9-6-11(4-5-12(9)16)14(10-2-3-10)19-15(20)13-7-17-8-18-13/h4-8,10,14H,2-3H2,1H3,(H,17,18)(H,19,20). The third-order valence-electron chi connectivity index (χ3n) is 3.66. The predicted octanol–water partition coefficient (Wildman–Crippen LogP) is 2.74. The number of H-pyrrole nitrogens is 1. The van der Waals surface area contributed by atoms with Gasteiger partial charge in [0, 0.05) is 0 Å². The number of hydrogen-bond acceptors (Lipinski definition) is 2. The van der Waals surface area contributed by atoms with Crippen LogP contribution in [0, 0.1) is 18.7 Å². The van der Waals surface area contributed by atoms with E-state index in [2.05, 4.69) is 15.3 Å². The summed E-state index contributed by atoms with van der Waals surface area (Å²) in [6, 6.07) is 4.96. The Morgan fingerprint density at radius 1 is 1.50 bits per heavy atom. The highest BCUT2D eigenvalue weighted by atomic mass is 19.1. The maximum absolute atomic E-state index is 13.4. The van der Waals surface area contributed by atoms with Gasteiger partial charge in [-0.3, -0.25) is 4.79 Å². The Hall–Kier alpha value is -2.17. The maximum Gasteiger partial charge on any atom is 0.269 e. The van der Waals surface area contributed by atoms with Crippen LogP contribution in [-0.4, -0.2) is 15.9 Å². The number of imidazole rings is 1. The van der Waals surface area contributed by atoms with Gasteiger partial charge >= 0.3 is 0 Å². The molecule has 1 atom stereocenters. The lowest BCUT2D eigenvalue weighted by atomic mass is 10.00. The van der Waals surface area contributed by atoms with E-state index in [-0.39, 0.29) is 17.8 Å². The van der Waals surface area contributed by atoms with Crippen molar-refractivity contribution in [3.8, 4) is 0 Å². The van der Waals surface area contributed by atoms with Crippen LogP contribution in [0.25, 0.3) is 0 Å². The molecule has 20 heavy (non-hydrogen) atoms. The molecule has 1 amide bonds. The van der Waals surface area contributed by atoms with Gasteiger partial charge in [0.2, 0.25) is 0 Å². The second-order valence-corrected chi connectivity index (χ2v) is 5.26. The molecule has 4 nitrogen and oxygen atoms in total. The van der Waals surface area contributed by atoms with Crippen molar-refractivity contribution in [2.75, 3.05) is 0 Å². The topological polar surface area (TPSA) is 57.8 Å². The zero-order valence-electron chi connectivity index (χ0n) is 11.2. The molecule has 1 saturated carbocycles. The summed E-state index contributed by atoms with van der Waals surface area (Å²) in [5.41, 5.74) is 2.00. The number of aromatic amines is 1. The number of rotatable bonds is 4. The average Bonchev–Trinajstić information content (AvgIpc) is 3.12. The molecule has 1 aromatic carbocycles. The van der Waals surface area contributed by atoms with Crippen LogP contribution in [0.15, 0.2) is 30.7 Å². The van der Waals surface area contributed by atoms with Crippen molar-refractivity contribution >= 4 is 5.91 Å². The molecule has 104 valence electrons. The molecule has 1 heterocycles. The predicted molar refractivity (Wildman–Crippen MR) is 72.7 cm³/mol. The van der Waals surface area contributed by atoms with Crippen LogP contribution in [0.3, 0.4) is 0 Å². The van der Waals surface area contributed by atoms with Gasteiger partial charge in [-0.2, -0.15) is 0 Å². The first-order valence-electron chi connectivity index (χ1n) is 6.70. The number of aryl methyl sites for hydroxylation is 1. The highest BCUT2D eigenvalue weighted by Crippen LogP contribution is 2.41. The van der Waals surface area contributed by atoms with Gasteiger partial charge in [0.25, 0.3) is 5.91 Å². The van der Waals surface area contributed by atoms with E-state index < -0.39 is 0 Å². The first-order chi connectivity index (χ1) is 9.65. The molecular formula is C15H16FN3O. The largest absolute Gasteiger partial charge is 0.344 e. The number of nitrogens with zero attached hydrogens (tertiary/aromatic N) is 1. The Morgan fingerprint density at radius 2 is 2.30 bits per heavy atom. The summed E-state index contributed by atoms with van der Waals surface area (Å²) < 4.78 is 13.4. The molecule has 1 fully saturated rings. The van der Waals surface area contributed by atoms with Gasteiger partial charge in [-0.15, -0.1) is 0 Å². The van der Waals surface area contributed by atoms with Gasteiger partial charge in [0.1, 0.15) is 11.5 Å². The number of nitrogens with one attached hydrogen (secondary N) is 2. The number of carbonyl (C=O) groups excluding carboxylic acids is 1. The van der Waals surface area contributed by atoms with Gasteiger partial charge in [-0.25, -0.2) is 9.37 Å². The molecule has 1 aliphatic carbocycles. The van der Waals surface area contributed by atoms with Crippen molar-refractivity contribution in [1.82, 2.24) is 15.3 Å². The highest BCUT2D eigenvalue weighted by Gasteiger charge is 2.34. The van der Waals surface area contributed by atoms with Gasteiger partial charge in [-0.05, 0) is 42.9 Å². The van der Waals surface area contributed by atoms with Crippen molar-refractivity contribution < 1.29 is 9.18 Å². The summed E-state index contributed by atoms with van der Waals surface area (Å²) in [5.74, 6) is 0.0382. The summed E-state index contributed by atoms with van der Waals surface area (Å²) in [4.78, 5) is 18.8. The molecule has 1 aliphatic rings. The van der Waals surface area contributed by atoms with E-state index in [1.807, 2.05) is 6.07 Å². The molecule has 0 saturated heterocycles. The van der Waals surface area contributed by atoms with Crippen molar-refractivity contribution in [3.05, 3.63) is 53.4 Å². The number of aromatic nitrogens is 2. The molecule has 0 aliphatic heterocycles. The van der Waals surface area contributed by atoms with E-state index in [1.165, 1.54) is 18.6 Å². The zero-order chi connectivity index (χ0) is 14.1. The minimum atomic E-state index is -0.219. The van der Waals surface area contributed by atoms with Crippen LogP contribution >= 0.6 is 0 Å². The van der Waals surface area contributed by atoms with Crippen molar-refractivity contribution in [3.63, 3.8) is 0 Å². The number of amides is 1. The first kappa shape index (κ1) is 12.8. The smallest absolute Gasteiger partial charge is 0.269 e. The molecule has 1 unspecified atom stereocenters. The third kappa shape index (κ3) is 2.57. The average molecular weight is 273 g/mol. The van der Waals surface area contributed by atoms with Crippen molar-refractivity contribution in [2.45, 2.75) is 25.8 Å². The maximum atomic E-state index is 13.4. The molecule has 5 heteroatoms. The molecule has 0 bridgehead atoms. The van der Waals surface area contributed by atoms with Crippen LogP contribution < -0.4 is 5.32 Å². The number of halogens is 1. The van der Waals surface area contributed by atoms with Crippen LogP contribution in [0.1, 0.15) is 40.5 Å². The summed E-state index contributed by atoms with van der Waals surface area (Å²) in [6.45, 7) is 1.74. The molecule has 0 radical (unpaired) electrons. The Balaban J connectivity index is 1.82. The molecule has 0 spiro atoms. The SMILES string of the molecule is Cc1cc(C(NC(=O)c2cnc[nH]2)C2CC2)ccc1F. The summed E-state index contributed by atoms with van der Waals surface area (Å²) in [5, 5.41) is 3.01. The van der Waals surface area contributed by atoms with E-state index in [4.69, 9.17) is 0 Å². The van der Waals surface area contributed by atoms with E-state index in [1.54, 1.807) is 13.0 Å². The monoisotopic (exact) mass is 273 g/mol. The molecule has 2 aromatic rings. The van der Waals surface area contributed by atoms with Gasteiger partial charge in [-0.1, -0.05) is 12.1 Å². The van der Waals surface area contributed by atoms with E-state index in [0.717, 1.165) is 18.4 Å². The van der Waals surface area contributed by atoms with Gasteiger partial charge in [0.05, 0.1) is 18.6 Å². The highest BCUT2D eigenvalue weighted by molar-refractivity contribution is 5.92. The fourth-order valence-electron chi connectivity index (χ4n) is 2.36. The van der Waals surface area contributed by atoms with Crippen LogP contribution in [0.4, 0.5) is 4.39 Å². The minimum absolute atomic E-state index is 0.0647. The second kappa shape index (κ2) is 5.07. The normalized spacial score (nSPS) is 15.9. The number of hydrogen-bond donors (Lipinski definition) is 2. The number of carbonyl (C=O) groups is 1. The lowest BCUT2D eigenvalue weighted by Crippen LogP contribution is -2.30. The lowest BCUT2D eigenvalue weighted by molar-refractivity contribution is 0.0927. The summed E-state index contributed by atoms with van der Waals surface area (Å²) >= 11 is 0. The van der Waals surface area contributed by atoms with Gasteiger partial charge < -0.3 is 10.3 Å².